The lowest BCUT2D eigenvalue weighted by Gasteiger charge is -2.20. The Labute approximate surface area is 117 Å². The van der Waals surface area contributed by atoms with Crippen molar-refractivity contribution in [2.75, 3.05) is 13.6 Å². The first-order valence-corrected chi connectivity index (χ1v) is 7.22. The molecular formula is C12H17NO6S. The molecule has 3 N–H and O–H groups in total. The van der Waals surface area contributed by atoms with Crippen LogP contribution in [0, 0.1) is 6.92 Å². The van der Waals surface area contributed by atoms with Crippen molar-refractivity contribution in [2.45, 2.75) is 24.8 Å². The fourth-order valence-electron chi connectivity index (χ4n) is 1.76. The predicted octanol–water partition coefficient (Wildman–Crippen LogP) is 0.400. The molecule has 1 rings (SSSR count). The number of benzene rings is 1. The molecule has 1 unspecified atom stereocenters. The predicted molar refractivity (Wildman–Crippen MR) is 71.3 cm³/mol. The number of rotatable bonds is 5. The van der Waals surface area contributed by atoms with E-state index in [1.165, 1.54) is 20.9 Å². The van der Waals surface area contributed by atoms with Gasteiger partial charge in [-0.05, 0) is 31.5 Å². The number of likely N-dealkylation sites (N-methyl/N-ethyl adjacent to an activating group) is 1. The molecule has 0 aliphatic heterocycles. The highest BCUT2D eigenvalue weighted by Crippen LogP contribution is 2.27. The number of hydrogen-bond acceptors (Lipinski definition) is 5. The molecule has 0 aliphatic carbocycles. The summed E-state index contributed by atoms with van der Waals surface area (Å²) in [6.07, 6.45) is -0.855. The molecule has 0 aromatic heterocycles. The lowest BCUT2D eigenvalue weighted by Crippen LogP contribution is -2.33. The van der Waals surface area contributed by atoms with Crippen molar-refractivity contribution in [1.82, 2.24) is 4.31 Å². The summed E-state index contributed by atoms with van der Waals surface area (Å²) in [4.78, 5) is 10.7. The molecule has 0 bridgehead atoms. The van der Waals surface area contributed by atoms with Crippen LogP contribution in [-0.4, -0.2) is 53.7 Å². The smallest absolute Gasteiger partial charge is 0.339 e. The quantitative estimate of drug-likeness (QED) is 0.725. The zero-order valence-electron chi connectivity index (χ0n) is 11.4. The molecule has 1 atom stereocenters. The Bertz CT molecular complexity index is 623. The molecule has 0 fully saturated rings. The molecule has 7 nitrogen and oxygen atoms in total. The average Bonchev–Trinajstić information content (AvgIpc) is 2.26. The van der Waals surface area contributed by atoms with E-state index in [0.29, 0.717) is 0 Å². The fraction of sp³-hybridized carbons (Fsp3) is 0.417. The summed E-state index contributed by atoms with van der Waals surface area (Å²) in [5.74, 6) is -1.91. The second kappa shape index (κ2) is 5.78. The topological polar surface area (TPSA) is 115 Å². The van der Waals surface area contributed by atoms with Crippen molar-refractivity contribution >= 4 is 16.0 Å². The van der Waals surface area contributed by atoms with Crippen molar-refractivity contribution in [3.63, 3.8) is 0 Å². The summed E-state index contributed by atoms with van der Waals surface area (Å²) in [5.41, 5.74) is -0.260. The van der Waals surface area contributed by atoms with Crippen LogP contribution in [0.3, 0.4) is 0 Å². The van der Waals surface area contributed by atoms with Gasteiger partial charge in [0.1, 0.15) is 11.3 Å². The third-order valence-electron chi connectivity index (χ3n) is 2.73. The van der Waals surface area contributed by atoms with Crippen molar-refractivity contribution in [3.8, 4) is 5.75 Å². The van der Waals surface area contributed by atoms with Gasteiger partial charge in [-0.3, -0.25) is 0 Å². The number of aliphatic hydroxyl groups is 1. The van der Waals surface area contributed by atoms with E-state index >= 15 is 0 Å². The number of nitrogens with zero attached hydrogens (tertiary/aromatic N) is 1. The first-order chi connectivity index (χ1) is 9.07. The number of aryl methyl sites for hydroxylation is 1. The molecule has 0 aliphatic rings. The summed E-state index contributed by atoms with van der Waals surface area (Å²) in [5, 5.41) is 27.7. The van der Waals surface area contributed by atoms with Gasteiger partial charge in [-0.1, -0.05) is 0 Å². The molecule has 20 heavy (non-hydrogen) atoms. The van der Waals surface area contributed by atoms with Crippen LogP contribution in [0.15, 0.2) is 17.0 Å². The molecule has 8 heteroatoms. The highest BCUT2D eigenvalue weighted by Gasteiger charge is 2.26. The van der Waals surface area contributed by atoms with Crippen molar-refractivity contribution in [2.24, 2.45) is 0 Å². The molecule has 0 amide bonds. The van der Waals surface area contributed by atoms with Gasteiger partial charge in [-0.2, -0.15) is 4.31 Å². The molecule has 0 radical (unpaired) electrons. The molecule has 0 heterocycles. The summed E-state index contributed by atoms with van der Waals surface area (Å²) in [7, 11) is -2.65. The van der Waals surface area contributed by atoms with Gasteiger partial charge in [0, 0.05) is 13.6 Å². The number of phenols is 1. The largest absolute Gasteiger partial charge is 0.507 e. The van der Waals surface area contributed by atoms with Gasteiger partial charge < -0.3 is 15.3 Å². The summed E-state index contributed by atoms with van der Waals surface area (Å²) >= 11 is 0. The van der Waals surface area contributed by atoms with Gasteiger partial charge in [-0.25, -0.2) is 13.2 Å². The van der Waals surface area contributed by atoms with Gasteiger partial charge in [-0.15, -0.1) is 0 Å². The molecule has 1 aromatic carbocycles. The number of aromatic carboxylic acids is 1. The Morgan fingerprint density at radius 2 is 1.95 bits per heavy atom. The molecule has 0 spiro atoms. The maximum absolute atomic E-state index is 12.3. The highest BCUT2D eigenvalue weighted by molar-refractivity contribution is 7.89. The van der Waals surface area contributed by atoms with Gasteiger partial charge in [0.15, 0.2) is 0 Å². The minimum atomic E-state index is -3.94. The van der Waals surface area contributed by atoms with Crippen molar-refractivity contribution < 1.29 is 28.5 Å². The van der Waals surface area contributed by atoms with Crippen LogP contribution < -0.4 is 0 Å². The van der Waals surface area contributed by atoms with E-state index in [2.05, 4.69) is 0 Å². The van der Waals surface area contributed by atoms with E-state index in [-0.39, 0.29) is 17.0 Å². The molecule has 0 saturated heterocycles. The van der Waals surface area contributed by atoms with Crippen LogP contribution in [0.25, 0.3) is 0 Å². The van der Waals surface area contributed by atoms with E-state index in [9.17, 15) is 23.4 Å². The van der Waals surface area contributed by atoms with Crippen molar-refractivity contribution in [1.29, 1.82) is 0 Å². The van der Waals surface area contributed by atoms with Crippen LogP contribution in [-0.2, 0) is 10.0 Å². The normalized spacial score (nSPS) is 13.4. The van der Waals surface area contributed by atoms with Crippen LogP contribution in [0.1, 0.15) is 22.8 Å². The maximum atomic E-state index is 12.3. The zero-order valence-corrected chi connectivity index (χ0v) is 12.2. The van der Waals surface area contributed by atoms with Gasteiger partial charge in [0.2, 0.25) is 10.0 Å². The first kappa shape index (κ1) is 16.4. The van der Waals surface area contributed by atoms with Gasteiger partial charge in [0.25, 0.3) is 0 Å². The van der Waals surface area contributed by atoms with Crippen LogP contribution in [0.4, 0.5) is 0 Å². The second-order valence-corrected chi connectivity index (χ2v) is 6.59. The number of aromatic hydroxyl groups is 1. The number of aliphatic hydroxyl groups excluding tert-OH is 1. The first-order valence-electron chi connectivity index (χ1n) is 5.78. The zero-order chi connectivity index (χ0) is 15.7. The minimum absolute atomic E-state index is 0.120. The van der Waals surface area contributed by atoms with E-state index in [0.717, 1.165) is 16.4 Å². The van der Waals surface area contributed by atoms with E-state index in [4.69, 9.17) is 5.11 Å². The van der Waals surface area contributed by atoms with Crippen LogP contribution in [0.5, 0.6) is 5.75 Å². The Morgan fingerprint density at radius 3 is 2.40 bits per heavy atom. The van der Waals surface area contributed by atoms with Crippen LogP contribution >= 0.6 is 0 Å². The third kappa shape index (κ3) is 3.27. The third-order valence-corrected chi connectivity index (χ3v) is 4.70. The van der Waals surface area contributed by atoms with Gasteiger partial charge in [0.05, 0.1) is 11.0 Å². The number of carbonyl (C=O) groups is 1. The number of sulfonamides is 1. The lowest BCUT2D eigenvalue weighted by atomic mass is 10.1. The highest BCUT2D eigenvalue weighted by atomic mass is 32.2. The Balaban J connectivity index is 3.38. The van der Waals surface area contributed by atoms with Crippen molar-refractivity contribution in [3.05, 3.63) is 23.3 Å². The maximum Gasteiger partial charge on any atom is 0.339 e. The van der Waals surface area contributed by atoms with E-state index in [1.54, 1.807) is 0 Å². The summed E-state index contributed by atoms with van der Waals surface area (Å²) in [6, 6.07) is 2.01. The molecule has 112 valence electrons. The van der Waals surface area contributed by atoms with Crippen LogP contribution in [0.2, 0.25) is 0 Å². The number of carboxylic acid groups (broad SMARTS) is 1. The Kier molecular flexibility index (Phi) is 4.74. The number of carboxylic acids is 1. The minimum Gasteiger partial charge on any atom is -0.507 e. The molecule has 1 aromatic rings. The second-order valence-electron chi connectivity index (χ2n) is 4.57. The summed E-state index contributed by atoms with van der Waals surface area (Å²) < 4.78 is 25.6. The number of hydrogen-bond donors (Lipinski definition) is 3. The lowest BCUT2D eigenvalue weighted by molar-refractivity contribution is 0.0693. The Hall–Kier alpha value is -1.64. The van der Waals surface area contributed by atoms with E-state index in [1.807, 2.05) is 0 Å². The molecule has 0 saturated carbocycles. The van der Waals surface area contributed by atoms with E-state index < -0.39 is 33.4 Å². The SMILES string of the molecule is Cc1cc(O)c(C(=O)O)cc1S(=O)(=O)N(C)CC(C)O. The average molecular weight is 303 g/mol. The fourth-order valence-corrected chi connectivity index (χ4v) is 3.24. The van der Waals surface area contributed by atoms with Gasteiger partial charge >= 0.3 is 5.97 Å². The standard InChI is InChI=1S/C12H17NO6S/c1-7-4-10(15)9(12(16)17)5-11(7)20(18,19)13(3)6-8(2)14/h4-5,8,14-15H,6H2,1-3H3,(H,16,17). The monoisotopic (exact) mass is 303 g/mol. The Morgan fingerprint density at radius 1 is 1.40 bits per heavy atom. The summed E-state index contributed by atoms with van der Waals surface area (Å²) in [6.45, 7) is 2.78. The molecular weight excluding hydrogens is 286 g/mol.